The van der Waals surface area contributed by atoms with Gasteiger partial charge in [0.2, 0.25) is 0 Å². The zero-order valence-corrected chi connectivity index (χ0v) is 14.9. The topological polar surface area (TPSA) is 40.5 Å². The molecule has 0 spiro atoms. The number of aliphatic hydroxyl groups is 2. The van der Waals surface area contributed by atoms with Crippen molar-refractivity contribution in [3.8, 4) is 0 Å². The predicted molar refractivity (Wildman–Crippen MR) is 92.6 cm³/mol. The van der Waals surface area contributed by atoms with Crippen LogP contribution in [0.1, 0.15) is 66.2 Å². The van der Waals surface area contributed by atoms with Crippen molar-refractivity contribution in [1.82, 2.24) is 0 Å². The summed E-state index contributed by atoms with van der Waals surface area (Å²) < 4.78 is 0. The van der Waals surface area contributed by atoms with Crippen LogP contribution in [0.2, 0.25) is 0 Å². The molecule has 22 heavy (non-hydrogen) atoms. The minimum absolute atomic E-state index is 0.0818. The molecule has 2 aliphatic rings. The molecule has 1 fully saturated rings. The Kier molecular flexibility index (Phi) is 5.55. The van der Waals surface area contributed by atoms with Gasteiger partial charge in [0.05, 0.1) is 6.61 Å². The summed E-state index contributed by atoms with van der Waals surface area (Å²) in [5.41, 5.74) is 3.23. The van der Waals surface area contributed by atoms with E-state index in [4.69, 9.17) is 5.11 Å². The second-order valence-electron chi connectivity index (χ2n) is 8.23. The van der Waals surface area contributed by atoms with Gasteiger partial charge in [-0.05, 0) is 68.6 Å². The average molecular weight is 306 g/mol. The number of hydrogen-bond donors (Lipinski definition) is 2. The molecule has 0 unspecified atom stereocenters. The van der Waals surface area contributed by atoms with Gasteiger partial charge in [-0.3, -0.25) is 0 Å². The Labute approximate surface area is 136 Å². The van der Waals surface area contributed by atoms with E-state index >= 15 is 0 Å². The molecule has 4 atom stereocenters. The molecule has 0 radical (unpaired) electrons. The Morgan fingerprint density at radius 3 is 2.68 bits per heavy atom. The lowest BCUT2D eigenvalue weighted by Gasteiger charge is -2.57. The number of rotatable bonds is 5. The smallest absolute Gasteiger partial charge is 0.0614 e. The molecule has 2 N–H and O–H groups in total. The molecule has 0 aromatic heterocycles. The quantitative estimate of drug-likeness (QED) is 0.735. The summed E-state index contributed by atoms with van der Waals surface area (Å²) in [7, 11) is 0. The second-order valence-corrected chi connectivity index (χ2v) is 8.23. The molecule has 2 rings (SSSR count). The van der Waals surface area contributed by atoms with Crippen LogP contribution in [0.25, 0.3) is 0 Å². The van der Waals surface area contributed by atoms with Crippen LogP contribution in [0.15, 0.2) is 23.3 Å². The highest BCUT2D eigenvalue weighted by Gasteiger charge is 2.52. The molecule has 0 amide bonds. The van der Waals surface area contributed by atoms with E-state index in [2.05, 4.69) is 33.8 Å². The van der Waals surface area contributed by atoms with Gasteiger partial charge >= 0.3 is 0 Å². The monoisotopic (exact) mass is 306 g/mol. The van der Waals surface area contributed by atoms with Gasteiger partial charge in [0.1, 0.15) is 0 Å². The van der Waals surface area contributed by atoms with Crippen molar-refractivity contribution >= 4 is 0 Å². The molecule has 0 aromatic carbocycles. The van der Waals surface area contributed by atoms with Gasteiger partial charge in [-0.1, -0.05) is 43.6 Å². The van der Waals surface area contributed by atoms with Crippen molar-refractivity contribution in [3.63, 3.8) is 0 Å². The molecule has 2 aliphatic carbocycles. The van der Waals surface area contributed by atoms with E-state index in [-0.39, 0.29) is 12.0 Å². The maximum atomic E-state index is 9.99. The fourth-order valence-corrected chi connectivity index (χ4v) is 5.33. The summed E-state index contributed by atoms with van der Waals surface area (Å²) in [5, 5.41) is 19.0. The summed E-state index contributed by atoms with van der Waals surface area (Å²) >= 11 is 0. The molecule has 0 heterocycles. The molecule has 1 saturated carbocycles. The minimum atomic E-state index is 0.0818. The van der Waals surface area contributed by atoms with Crippen LogP contribution in [-0.4, -0.2) is 23.4 Å². The van der Waals surface area contributed by atoms with Gasteiger partial charge < -0.3 is 10.2 Å². The lowest BCUT2D eigenvalue weighted by molar-refractivity contribution is -0.0738. The van der Waals surface area contributed by atoms with Crippen molar-refractivity contribution in [1.29, 1.82) is 0 Å². The Balaban J connectivity index is 2.23. The van der Waals surface area contributed by atoms with Crippen molar-refractivity contribution in [3.05, 3.63) is 23.3 Å². The van der Waals surface area contributed by atoms with E-state index in [0.717, 1.165) is 19.3 Å². The van der Waals surface area contributed by atoms with Gasteiger partial charge in [0, 0.05) is 6.61 Å². The van der Waals surface area contributed by atoms with E-state index in [1.807, 2.05) is 6.08 Å². The minimum Gasteiger partial charge on any atom is -0.396 e. The van der Waals surface area contributed by atoms with Crippen LogP contribution in [0, 0.1) is 22.7 Å². The van der Waals surface area contributed by atoms with Crippen LogP contribution in [0.4, 0.5) is 0 Å². The lowest BCUT2D eigenvalue weighted by atomic mass is 9.48. The summed E-state index contributed by atoms with van der Waals surface area (Å²) in [6.07, 6.45) is 11.4. The van der Waals surface area contributed by atoms with Crippen molar-refractivity contribution < 1.29 is 10.2 Å². The number of hydrogen-bond acceptors (Lipinski definition) is 2. The van der Waals surface area contributed by atoms with Crippen LogP contribution in [0.5, 0.6) is 0 Å². The third-order valence-electron chi connectivity index (χ3n) is 6.75. The first-order chi connectivity index (χ1) is 10.4. The van der Waals surface area contributed by atoms with Crippen molar-refractivity contribution in [2.75, 3.05) is 13.2 Å². The van der Waals surface area contributed by atoms with E-state index in [9.17, 15) is 5.11 Å². The average Bonchev–Trinajstić information content (AvgIpc) is 2.46. The van der Waals surface area contributed by atoms with E-state index in [0.29, 0.717) is 23.9 Å². The van der Waals surface area contributed by atoms with Crippen LogP contribution in [0.3, 0.4) is 0 Å². The SMILES string of the molecule is CC1=CC[C@H]2[C@@](C)(CO)CCC[C@@]2(C)[C@H]1CC/C(C)=C/CO. The van der Waals surface area contributed by atoms with E-state index < -0.39 is 0 Å². The summed E-state index contributed by atoms with van der Waals surface area (Å²) in [6.45, 7) is 9.64. The maximum Gasteiger partial charge on any atom is 0.0614 e. The molecule has 0 saturated heterocycles. The third-order valence-corrected chi connectivity index (χ3v) is 6.75. The fourth-order valence-electron chi connectivity index (χ4n) is 5.33. The summed E-state index contributed by atoms with van der Waals surface area (Å²) in [6, 6.07) is 0. The Bertz CT molecular complexity index is 451. The molecule has 0 aliphatic heterocycles. The molecule has 0 bridgehead atoms. The zero-order valence-electron chi connectivity index (χ0n) is 14.9. The number of aliphatic hydroxyl groups excluding tert-OH is 2. The van der Waals surface area contributed by atoms with Gasteiger partial charge in [-0.15, -0.1) is 0 Å². The van der Waals surface area contributed by atoms with Crippen LogP contribution < -0.4 is 0 Å². The highest BCUT2D eigenvalue weighted by atomic mass is 16.3. The summed E-state index contributed by atoms with van der Waals surface area (Å²) in [5.74, 6) is 1.20. The lowest BCUT2D eigenvalue weighted by Crippen LogP contribution is -2.50. The summed E-state index contributed by atoms with van der Waals surface area (Å²) in [4.78, 5) is 0. The highest BCUT2D eigenvalue weighted by molar-refractivity contribution is 5.19. The number of fused-ring (bicyclic) bond motifs is 1. The first-order valence-electron chi connectivity index (χ1n) is 8.91. The Morgan fingerprint density at radius 1 is 1.32 bits per heavy atom. The standard InChI is InChI=1S/C20H34O2/c1-15(10-13-21)6-8-17-16(2)7-9-18-19(3,14-22)11-5-12-20(17,18)4/h7,10,17-18,21-22H,5-6,8-9,11-14H2,1-4H3/b15-10+/t17-,18-,19+,20-/m0/s1. The van der Waals surface area contributed by atoms with Crippen LogP contribution >= 0.6 is 0 Å². The molecule has 0 aromatic rings. The highest BCUT2D eigenvalue weighted by Crippen LogP contribution is 2.60. The predicted octanol–water partition coefficient (Wildman–Crippen LogP) is 4.48. The Hall–Kier alpha value is -0.600. The van der Waals surface area contributed by atoms with Gasteiger partial charge in [0.15, 0.2) is 0 Å². The van der Waals surface area contributed by atoms with Crippen LogP contribution in [-0.2, 0) is 0 Å². The van der Waals surface area contributed by atoms with Gasteiger partial charge in [0.25, 0.3) is 0 Å². The fraction of sp³-hybridized carbons (Fsp3) is 0.800. The molecule has 2 nitrogen and oxygen atoms in total. The molecular weight excluding hydrogens is 272 g/mol. The Morgan fingerprint density at radius 2 is 2.05 bits per heavy atom. The van der Waals surface area contributed by atoms with Crippen molar-refractivity contribution in [2.24, 2.45) is 22.7 Å². The van der Waals surface area contributed by atoms with E-state index in [1.165, 1.54) is 30.4 Å². The number of allylic oxidation sites excluding steroid dienone is 3. The zero-order chi connectivity index (χ0) is 16.4. The normalized spacial score (nSPS) is 39.4. The second kappa shape index (κ2) is 6.88. The van der Waals surface area contributed by atoms with Crippen molar-refractivity contribution in [2.45, 2.75) is 66.2 Å². The third kappa shape index (κ3) is 3.19. The van der Waals surface area contributed by atoms with Gasteiger partial charge in [-0.2, -0.15) is 0 Å². The maximum absolute atomic E-state index is 9.99. The van der Waals surface area contributed by atoms with E-state index in [1.54, 1.807) is 0 Å². The largest absolute Gasteiger partial charge is 0.396 e. The first kappa shape index (κ1) is 17.7. The first-order valence-corrected chi connectivity index (χ1v) is 8.91. The molecule has 126 valence electrons. The van der Waals surface area contributed by atoms with Gasteiger partial charge in [-0.25, -0.2) is 0 Å². The molecular formula is C20H34O2. The molecule has 2 heteroatoms.